The number of anilines is 1. The maximum absolute atomic E-state index is 14.7. The molecule has 14 heteroatoms. The van der Waals surface area contributed by atoms with Crippen LogP contribution in [0.4, 0.5) is 19.3 Å². The van der Waals surface area contributed by atoms with Gasteiger partial charge in [-0.3, -0.25) is 0 Å². The normalized spacial score (nSPS) is 15.2. The van der Waals surface area contributed by atoms with Crippen LogP contribution in [0.15, 0.2) is 48.5 Å². The molecule has 1 saturated heterocycles. The standard InChI is InChI=1S/C27H28F2N4O7S/c1-2-23(26(34)35)40-25-22(29)14-21(28)24(32-25)39-20-12-18(17-5-3-4-16(10-17)15-30)11-19(13-20)31-27(36)33-6-8-41(37,38)9-7-33/h3-5,10-14,23H,2,6-9,15,30H2,1H3,(H,31,36)(H,34,35)/t23-/m1/s1. The summed E-state index contributed by atoms with van der Waals surface area (Å²) in [6.45, 7) is 1.84. The first-order valence-electron chi connectivity index (χ1n) is 12.6. The quantitative estimate of drug-likeness (QED) is 0.337. The van der Waals surface area contributed by atoms with Crippen LogP contribution in [-0.4, -0.2) is 66.1 Å². The van der Waals surface area contributed by atoms with Crippen molar-refractivity contribution >= 4 is 27.5 Å². The number of nitrogens with two attached hydrogens (primary N) is 1. The van der Waals surface area contributed by atoms with Gasteiger partial charge in [0.25, 0.3) is 11.8 Å². The number of carboxylic acids is 1. The van der Waals surface area contributed by atoms with Crippen LogP contribution >= 0.6 is 0 Å². The summed E-state index contributed by atoms with van der Waals surface area (Å²) in [4.78, 5) is 29.3. The number of nitrogens with zero attached hydrogens (tertiary/aromatic N) is 2. The number of aliphatic carboxylic acids is 1. The molecule has 1 aliphatic rings. The second kappa shape index (κ2) is 12.5. The van der Waals surface area contributed by atoms with Crippen molar-refractivity contribution in [1.29, 1.82) is 0 Å². The summed E-state index contributed by atoms with van der Waals surface area (Å²) in [5.74, 6) is -5.47. The Morgan fingerprint density at radius 1 is 1.07 bits per heavy atom. The Labute approximate surface area is 234 Å². The highest BCUT2D eigenvalue weighted by atomic mass is 32.2. The number of urea groups is 1. The molecular weight excluding hydrogens is 562 g/mol. The summed E-state index contributed by atoms with van der Waals surface area (Å²) in [5.41, 5.74) is 8.08. The lowest BCUT2D eigenvalue weighted by Crippen LogP contribution is -2.45. The lowest BCUT2D eigenvalue weighted by Gasteiger charge is -2.27. The number of amides is 2. The van der Waals surface area contributed by atoms with Crippen LogP contribution in [0.5, 0.6) is 17.5 Å². The largest absolute Gasteiger partial charge is 0.479 e. The number of nitrogens with one attached hydrogen (secondary N) is 1. The lowest BCUT2D eigenvalue weighted by atomic mass is 10.0. The van der Waals surface area contributed by atoms with E-state index in [0.717, 1.165) is 5.56 Å². The predicted octanol–water partition coefficient (Wildman–Crippen LogP) is 3.78. The van der Waals surface area contributed by atoms with E-state index in [1.54, 1.807) is 18.2 Å². The molecule has 2 aromatic carbocycles. The van der Waals surface area contributed by atoms with Crippen molar-refractivity contribution in [2.75, 3.05) is 29.9 Å². The van der Waals surface area contributed by atoms with Crippen LogP contribution in [0.25, 0.3) is 11.1 Å². The van der Waals surface area contributed by atoms with Gasteiger partial charge in [-0.1, -0.05) is 25.1 Å². The molecule has 1 aliphatic heterocycles. The highest BCUT2D eigenvalue weighted by Crippen LogP contribution is 2.34. The molecule has 2 heterocycles. The first-order valence-corrected chi connectivity index (χ1v) is 14.4. The number of ether oxygens (including phenoxy) is 2. The average Bonchev–Trinajstić information content (AvgIpc) is 2.93. The van der Waals surface area contributed by atoms with Gasteiger partial charge in [-0.2, -0.15) is 4.98 Å². The third kappa shape index (κ3) is 7.46. The Hall–Kier alpha value is -4.30. The van der Waals surface area contributed by atoms with E-state index in [1.165, 1.54) is 24.0 Å². The van der Waals surface area contributed by atoms with E-state index in [9.17, 15) is 31.9 Å². The van der Waals surface area contributed by atoms with Crippen molar-refractivity contribution in [3.05, 3.63) is 65.7 Å². The number of sulfone groups is 1. The van der Waals surface area contributed by atoms with Crippen molar-refractivity contribution < 1.29 is 41.4 Å². The van der Waals surface area contributed by atoms with Gasteiger partial charge in [0, 0.05) is 37.5 Å². The van der Waals surface area contributed by atoms with Crippen LogP contribution in [-0.2, 0) is 21.2 Å². The molecule has 1 aromatic heterocycles. The zero-order chi connectivity index (χ0) is 29.7. The van der Waals surface area contributed by atoms with E-state index < -0.39 is 51.3 Å². The monoisotopic (exact) mass is 590 g/mol. The van der Waals surface area contributed by atoms with Gasteiger partial charge >= 0.3 is 12.0 Å². The molecule has 0 saturated carbocycles. The molecule has 1 fully saturated rings. The lowest BCUT2D eigenvalue weighted by molar-refractivity contribution is -0.145. The van der Waals surface area contributed by atoms with E-state index in [0.29, 0.717) is 17.2 Å². The van der Waals surface area contributed by atoms with Crippen molar-refractivity contribution in [3.63, 3.8) is 0 Å². The Morgan fingerprint density at radius 2 is 1.78 bits per heavy atom. The van der Waals surface area contributed by atoms with Gasteiger partial charge in [0.05, 0.1) is 11.5 Å². The van der Waals surface area contributed by atoms with Crippen LogP contribution < -0.4 is 20.5 Å². The fourth-order valence-corrected chi connectivity index (χ4v) is 5.24. The smallest absolute Gasteiger partial charge is 0.344 e. The summed E-state index contributed by atoms with van der Waals surface area (Å²) in [7, 11) is -3.20. The molecule has 4 rings (SSSR count). The van der Waals surface area contributed by atoms with Gasteiger partial charge in [-0.05, 0) is 41.3 Å². The van der Waals surface area contributed by atoms with Crippen LogP contribution in [0, 0.1) is 11.6 Å². The van der Waals surface area contributed by atoms with Crippen LogP contribution in [0.1, 0.15) is 18.9 Å². The number of pyridine rings is 1. The maximum atomic E-state index is 14.7. The highest BCUT2D eigenvalue weighted by Gasteiger charge is 2.26. The van der Waals surface area contributed by atoms with Gasteiger partial charge in [0.2, 0.25) is 0 Å². The Morgan fingerprint density at radius 3 is 2.44 bits per heavy atom. The molecule has 1 atom stereocenters. The van der Waals surface area contributed by atoms with Gasteiger partial charge in [0.1, 0.15) is 5.75 Å². The Balaban J connectivity index is 1.68. The zero-order valence-corrected chi connectivity index (χ0v) is 22.8. The number of carbonyl (C=O) groups is 2. The zero-order valence-electron chi connectivity index (χ0n) is 22.0. The molecule has 41 heavy (non-hydrogen) atoms. The first-order chi connectivity index (χ1) is 19.5. The third-order valence-electron chi connectivity index (χ3n) is 6.27. The minimum atomic E-state index is -3.20. The summed E-state index contributed by atoms with van der Waals surface area (Å²) in [6, 6.07) is 11.7. The molecule has 0 unspecified atom stereocenters. The van der Waals surface area contributed by atoms with Gasteiger partial charge in [-0.15, -0.1) is 0 Å². The second-order valence-corrected chi connectivity index (χ2v) is 11.5. The molecule has 0 spiro atoms. The van der Waals surface area contributed by atoms with Gasteiger partial charge < -0.3 is 30.5 Å². The summed E-state index contributed by atoms with van der Waals surface area (Å²) in [5, 5.41) is 11.9. The number of carboxylic acid groups (broad SMARTS) is 1. The van der Waals surface area contributed by atoms with E-state index in [2.05, 4.69) is 10.3 Å². The third-order valence-corrected chi connectivity index (χ3v) is 7.87. The highest BCUT2D eigenvalue weighted by molar-refractivity contribution is 7.91. The van der Waals surface area contributed by atoms with Crippen molar-refractivity contribution in [2.45, 2.75) is 26.0 Å². The molecule has 0 bridgehead atoms. The molecule has 3 aromatic rings. The Bertz CT molecular complexity index is 1560. The minimum absolute atomic E-state index is 0.0000643. The van der Waals surface area contributed by atoms with E-state index >= 15 is 0 Å². The predicted molar refractivity (Wildman–Crippen MR) is 146 cm³/mol. The summed E-state index contributed by atoms with van der Waals surface area (Å²) < 4.78 is 63.3. The second-order valence-electron chi connectivity index (χ2n) is 9.24. The molecular formula is C27H28F2N4O7S. The van der Waals surface area contributed by atoms with Gasteiger partial charge in [-0.25, -0.2) is 26.8 Å². The maximum Gasteiger partial charge on any atom is 0.344 e. The SMILES string of the molecule is CC[C@@H](Oc1nc(Oc2cc(NC(=O)N3CCS(=O)(=O)CC3)cc(-c3cccc(CN)c3)c2)c(F)cc1F)C(=O)O. The molecule has 218 valence electrons. The van der Waals surface area contributed by atoms with Gasteiger partial charge in [0.15, 0.2) is 27.6 Å². The summed E-state index contributed by atoms with van der Waals surface area (Å²) in [6.07, 6.45) is -1.42. The van der Waals surface area contributed by atoms with E-state index in [-0.39, 0.29) is 49.0 Å². The van der Waals surface area contributed by atoms with Crippen LogP contribution in [0.3, 0.4) is 0 Å². The van der Waals surface area contributed by atoms with Crippen molar-refractivity contribution in [2.24, 2.45) is 5.73 Å². The number of benzene rings is 2. The number of halogens is 2. The molecule has 11 nitrogen and oxygen atoms in total. The molecule has 0 radical (unpaired) electrons. The van der Waals surface area contributed by atoms with E-state index in [1.807, 2.05) is 12.1 Å². The fourth-order valence-electron chi connectivity index (χ4n) is 4.04. The fraction of sp³-hybridized carbons (Fsp3) is 0.296. The minimum Gasteiger partial charge on any atom is -0.479 e. The number of rotatable bonds is 9. The average molecular weight is 591 g/mol. The summed E-state index contributed by atoms with van der Waals surface area (Å²) >= 11 is 0. The van der Waals surface area contributed by atoms with Crippen molar-refractivity contribution in [1.82, 2.24) is 9.88 Å². The molecule has 2 amide bonds. The number of aromatic nitrogens is 1. The number of hydrogen-bond donors (Lipinski definition) is 3. The van der Waals surface area contributed by atoms with E-state index in [4.69, 9.17) is 15.2 Å². The first kappa shape index (κ1) is 29.7. The molecule has 4 N–H and O–H groups in total. The molecule has 0 aliphatic carbocycles. The number of carbonyl (C=O) groups excluding carboxylic acids is 1. The Kier molecular flexibility index (Phi) is 9.03. The topological polar surface area (TPSA) is 161 Å². The van der Waals surface area contributed by atoms with Crippen molar-refractivity contribution in [3.8, 4) is 28.6 Å². The van der Waals surface area contributed by atoms with Crippen LogP contribution in [0.2, 0.25) is 0 Å². The number of hydrogen-bond acceptors (Lipinski definition) is 8.